The monoisotopic (exact) mass is 444 g/mol. The Morgan fingerprint density at radius 2 is 1.80 bits per heavy atom. The van der Waals surface area contributed by atoms with Crippen molar-refractivity contribution in [2.75, 3.05) is 13.1 Å². The van der Waals surface area contributed by atoms with Gasteiger partial charge in [-0.05, 0) is 36.2 Å². The van der Waals surface area contributed by atoms with Crippen LogP contribution in [0.5, 0.6) is 5.75 Å². The molecule has 1 fully saturated rings. The van der Waals surface area contributed by atoms with Gasteiger partial charge in [0.2, 0.25) is 15.6 Å². The summed E-state index contributed by atoms with van der Waals surface area (Å²) in [4.78, 5) is 10.7. The van der Waals surface area contributed by atoms with Gasteiger partial charge >= 0.3 is 12.1 Å². The van der Waals surface area contributed by atoms with Crippen LogP contribution >= 0.6 is 0 Å². The molecule has 1 aliphatic rings. The molecular weight excluding hydrogens is 425 g/mol. The number of carboxylic acid groups (broad SMARTS) is 1. The van der Waals surface area contributed by atoms with Crippen LogP contribution in [0.2, 0.25) is 0 Å². The van der Waals surface area contributed by atoms with Crippen LogP contribution in [0.3, 0.4) is 0 Å². The molecule has 1 atom stereocenters. The zero-order valence-corrected chi connectivity index (χ0v) is 16.4. The summed E-state index contributed by atoms with van der Waals surface area (Å²) in [5.41, 5.74) is 3.15. The lowest BCUT2D eigenvalue weighted by Crippen LogP contribution is -2.73. The van der Waals surface area contributed by atoms with E-state index in [1.165, 1.54) is 48.5 Å². The van der Waals surface area contributed by atoms with Gasteiger partial charge in [-0.1, -0.05) is 30.3 Å². The summed E-state index contributed by atoms with van der Waals surface area (Å²) in [6.07, 6.45) is -4.91. The van der Waals surface area contributed by atoms with Crippen molar-refractivity contribution in [2.24, 2.45) is 5.73 Å². The molecule has 1 saturated heterocycles. The number of hydrogen-bond acceptors (Lipinski definition) is 5. The number of halogens is 3. The van der Waals surface area contributed by atoms with E-state index in [2.05, 4.69) is 0 Å². The van der Waals surface area contributed by atoms with Crippen LogP contribution < -0.4 is 10.5 Å². The third-order valence-electron chi connectivity index (χ3n) is 4.75. The minimum Gasteiger partial charge on any atom is -0.480 e. The van der Waals surface area contributed by atoms with Crippen LogP contribution in [0, 0.1) is 0 Å². The molecule has 3 N–H and O–H groups in total. The van der Waals surface area contributed by atoms with Gasteiger partial charge in [-0.2, -0.15) is 17.5 Å². The number of ether oxygens (including phenoxy) is 1. The third-order valence-corrected chi connectivity index (χ3v) is 6.53. The van der Waals surface area contributed by atoms with Crippen molar-refractivity contribution < 1.29 is 36.2 Å². The zero-order chi connectivity index (χ0) is 22.2. The molecule has 2 aromatic rings. The van der Waals surface area contributed by atoms with Gasteiger partial charge in [0.15, 0.2) is 0 Å². The van der Waals surface area contributed by atoms with E-state index in [1.54, 1.807) is 6.07 Å². The van der Waals surface area contributed by atoms with Crippen LogP contribution in [-0.4, -0.2) is 54.7 Å². The summed E-state index contributed by atoms with van der Waals surface area (Å²) in [5.74, 6) is -1.27. The summed E-state index contributed by atoms with van der Waals surface area (Å²) in [5, 5.41) is 8.89. The second-order valence-corrected chi connectivity index (χ2v) is 8.91. The van der Waals surface area contributed by atoms with Gasteiger partial charge in [0.1, 0.15) is 11.8 Å². The normalized spacial score (nSPS) is 17.7. The smallest absolute Gasteiger partial charge is 0.430 e. The molecule has 0 radical (unpaired) electrons. The maximum atomic E-state index is 13.7. The average Bonchev–Trinajstić information content (AvgIpc) is 2.64. The number of sulfonamides is 1. The van der Waals surface area contributed by atoms with E-state index >= 15 is 0 Å². The molecule has 11 heteroatoms. The molecule has 1 heterocycles. The van der Waals surface area contributed by atoms with Gasteiger partial charge in [0.05, 0.1) is 18.0 Å². The largest absolute Gasteiger partial charge is 0.480 e. The topological polar surface area (TPSA) is 110 Å². The zero-order valence-electron chi connectivity index (χ0n) is 15.5. The number of nitrogens with two attached hydrogens (primary N) is 1. The molecule has 0 amide bonds. The van der Waals surface area contributed by atoms with Crippen LogP contribution in [-0.2, 0) is 21.2 Å². The summed E-state index contributed by atoms with van der Waals surface area (Å²) >= 11 is 0. The standard InChI is InChI=1S/C19H19F3N2O5S/c20-19(21,22)18(29-14-6-2-1-3-7-14)11-24(12-18)30(27,28)15-8-4-5-13(9-15)10-16(23)17(25)26/h1-9,16H,10-12,23H2,(H,25,26). The number of para-hydroxylation sites is 1. The van der Waals surface area contributed by atoms with Crippen molar-refractivity contribution in [3.63, 3.8) is 0 Å². The molecule has 30 heavy (non-hydrogen) atoms. The first-order chi connectivity index (χ1) is 13.9. The third kappa shape index (κ3) is 4.27. The van der Waals surface area contributed by atoms with E-state index in [4.69, 9.17) is 15.6 Å². The Morgan fingerprint density at radius 3 is 2.37 bits per heavy atom. The molecule has 2 aromatic carbocycles. The van der Waals surface area contributed by atoms with Crippen molar-refractivity contribution in [1.29, 1.82) is 0 Å². The van der Waals surface area contributed by atoms with E-state index in [9.17, 15) is 26.4 Å². The van der Waals surface area contributed by atoms with Crippen molar-refractivity contribution in [2.45, 2.75) is 29.1 Å². The highest BCUT2D eigenvalue weighted by molar-refractivity contribution is 7.89. The predicted octanol–water partition coefficient (Wildman–Crippen LogP) is 2.03. The molecule has 7 nitrogen and oxygen atoms in total. The molecule has 1 aliphatic heterocycles. The second-order valence-electron chi connectivity index (χ2n) is 6.98. The number of carbonyl (C=O) groups is 1. The number of nitrogens with zero attached hydrogens (tertiary/aromatic N) is 1. The average molecular weight is 444 g/mol. The fourth-order valence-corrected chi connectivity index (χ4v) is 4.64. The molecule has 0 bridgehead atoms. The van der Waals surface area contributed by atoms with Gasteiger partial charge in [-0.25, -0.2) is 8.42 Å². The van der Waals surface area contributed by atoms with Crippen molar-refractivity contribution in [3.05, 3.63) is 60.2 Å². The Hall–Kier alpha value is -2.63. The first kappa shape index (κ1) is 22.1. The van der Waals surface area contributed by atoms with E-state index in [-0.39, 0.29) is 17.1 Å². The lowest BCUT2D eigenvalue weighted by molar-refractivity contribution is -0.278. The van der Waals surface area contributed by atoms with Crippen molar-refractivity contribution in [3.8, 4) is 5.75 Å². The molecule has 0 aliphatic carbocycles. The SMILES string of the molecule is NC(Cc1cccc(S(=O)(=O)N2CC(Oc3ccccc3)(C(F)(F)F)C2)c1)C(=O)O. The first-order valence-corrected chi connectivity index (χ1v) is 10.3. The highest BCUT2D eigenvalue weighted by Crippen LogP contribution is 2.43. The van der Waals surface area contributed by atoms with Gasteiger partial charge in [0.25, 0.3) is 0 Å². The van der Waals surface area contributed by atoms with Gasteiger partial charge < -0.3 is 15.6 Å². The fraction of sp³-hybridized carbons (Fsp3) is 0.316. The number of hydrogen-bond donors (Lipinski definition) is 2. The first-order valence-electron chi connectivity index (χ1n) is 8.83. The van der Waals surface area contributed by atoms with Gasteiger partial charge in [-0.15, -0.1) is 0 Å². The summed E-state index contributed by atoms with van der Waals surface area (Å²) in [7, 11) is -4.24. The Kier molecular flexibility index (Phi) is 5.81. The van der Waals surface area contributed by atoms with Gasteiger partial charge in [-0.3, -0.25) is 4.79 Å². The molecule has 0 aromatic heterocycles. The maximum Gasteiger partial charge on any atom is 0.430 e. The predicted molar refractivity (Wildman–Crippen MR) is 100 cm³/mol. The molecular formula is C19H19F3N2O5S. The number of alkyl halides is 3. The number of rotatable bonds is 7. The molecule has 0 saturated carbocycles. The summed E-state index contributed by atoms with van der Waals surface area (Å²) in [6.45, 7) is -1.79. The van der Waals surface area contributed by atoms with E-state index < -0.39 is 46.9 Å². The quantitative estimate of drug-likeness (QED) is 0.676. The van der Waals surface area contributed by atoms with E-state index in [0.29, 0.717) is 9.87 Å². The lowest BCUT2D eigenvalue weighted by atomic mass is 9.96. The number of aliphatic carboxylic acids is 1. The minimum atomic E-state index is -4.79. The van der Waals surface area contributed by atoms with Crippen LogP contribution in [0.4, 0.5) is 13.2 Å². The fourth-order valence-electron chi connectivity index (χ4n) is 3.03. The Balaban J connectivity index is 1.81. The summed E-state index contributed by atoms with van der Waals surface area (Å²) < 4.78 is 72.5. The van der Waals surface area contributed by atoms with Crippen LogP contribution in [0.15, 0.2) is 59.5 Å². The van der Waals surface area contributed by atoms with Crippen LogP contribution in [0.1, 0.15) is 5.56 Å². The van der Waals surface area contributed by atoms with Crippen molar-refractivity contribution in [1.82, 2.24) is 4.31 Å². The lowest BCUT2D eigenvalue weighted by Gasteiger charge is -2.48. The number of benzene rings is 2. The highest BCUT2D eigenvalue weighted by Gasteiger charge is 2.66. The van der Waals surface area contributed by atoms with E-state index in [0.717, 1.165) is 0 Å². The minimum absolute atomic E-state index is 0.0171. The van der Waals surface area contributed by atoms with E-state index in [1.807, 2.05) is 0 Å². The molecule has 162 valence electrons. The highest BCUT2D eigenvalue weighted by atomic mass is 32.2. The molecule has 0 spiro atoms. The van der Waals surface area contributed by atoms with Crippen LogP contribution in [0.25, 0.3) is 0 Å². The van der Waals surface area contributed by atoms with Gasteiger partial charge in [0, 0.05) is 0 Å². The number of carboxylic acids is 1. The second kappa shape index (κ2) is 7.89. The molecule has 3 rings (SSSR count). The summed E-state index contributed by atoms with van der Waals surface area (Å²) in [6, 6.07) is 11.5. The molecule has 1 unspecified atom stereocenters. The van der Waals surface area contributed by atoms with Crippen molar-refractivity contribution >= 4 is 16.0 Å². The Bertz CT molecular complexity index is 1020. The maximum absolute atomic E-state index is 13.7. The Labute approximate surface area is 170 Å². The Morgan fingerprint density at radius 1 is 1.17 bits per heavy atom.